The number of ether oxygens (including phenoxy) is 3. The first-order chi connectivity index (χ1) is 15.2. The van der Waals surface area contributed by atoms with E-state index in [9.17, 15) is 9.59 Å². The molecule has 162 valence electrons. The molecule has 2 heterocycles. The molecule has 7 heteroatoms. The summed E-state index contributed by atoms with van der Waals surface area (Å²) in [5.74, 6) is 2.53. The Balaban J connectivity index is 1.18. The lowest BCUT2D eigenvalue weighted by Crippen LogP contribution is -2.51. The smallest absolute Gasteiger partial charge is 0.257 e. The van der Waals surface area contributed by atoms with Crippen LogP contribution in [0.1, 0.15) is 35.2 Å². The average molecular weight is 422 g/mol. The molecule has 2 fully saturated rings. The number of amides is 2. The number of hydrogen-bond acceptors (Lipinski definition) is 5. The van der Waals surface area contributed by atoms with Crippen LogP contribution in [0.2, 0.25) is 0 Å². The van der Waals surface area contributed by atoms with E-state index in [2.05, 4.69) is 0 Å². The number of carbonyl (C=O) groups excluding carboxylic acids is 2. The molecule has 0 radical (unpaired) electrons. The Labute approximate surface area is 181 Å². The van der Waals surface area contributed by atoms with Crippen molar-refractivity contribution in [2.45, 2.75) is 19.3 Å². The first-order valence-electron chi connectivity index (χ1n) is 10.8. The van der Waals surface area contributed by atoms with Crippen LogP contribution in [-0.2, 0) is 4.79 Å². The fraction of sp³-hybridized carbons (Fsp3) is 0.417. The fourth-order valence-corrected chi connectivity index (χ4v) is 4.44. The van der Waals surface area contributed by atoms with E-state index in [0.717, 1.165) is 23.5 Å². The van der Waals surface area contributed by atoms with Gasteiger partial charge in [-0.15, -0.1) is 0 Å². The second-order valence-corrected chi connectivity index (χ2v) is 8.11. The van der Waals surface area contributed by atoms with Gasteiger partial charge in [-0.2, -0.15) is 0 Å². The van der Waals surface area contributed by atoms with Crippen LogP contribution in [0.15, 0.2) is 42.5 Å². The number of benzene rings is 2. The summed E-state index contributed by atoms with van der Waals surface area (Å²) in [7, 11) is 0. The summed E-state index contributed by atoms with van der Waals surface area (Å²) < 4.78 is 16.4. The Morgan fingerprint density at radius 3 is 2.55 bits per heavy atom. The summed E-state index contributed by atoms with van der Waals surface area (Å²) >= 11 is 0. The molecule has 0 aromatic heterocycles. The van der Waals surface area contributed by atoms with Gasteiger partial charge in [0.15, 0.2) is 11.5 Å². The Bertz CT molecular complexity index is 999. The number of piperazine rings is 1. The number of carbonyl (C=O) groups is 2. The van der Waals surface area contributed by atoms with Crippen LogP contribution in [-0.4, -0.2) is 61.2 Å². The maximum Gasteiger partial charge on any atom is 0.257 e. The lowest BCUT2D eigenvalue weighted by Gasteiger charge is -2.35. The van der Waals surface area contributed by atoms with Crippen molar-refractivity contribution in [2.24, 2.45) is 5.92 Å². The zero-order valence-electron chi connectivity index (χ0n) is 17.6. The SMILES string of the molecule is CCOc1ccccc1C(=O)N1CCN(C(=O)[C@H]2C[C@@H]2c2ccc3c(c2)OCO3)CC1. The minimum absolute atomic E-state index is 0.0151. The Morgan fingerprint density at radius 2 is 1.74 bits per heavy atom. The maximum atomic E-state index is 13.0. The van der Waals surface area contributed by atoms with Crippen LogP contribution in [0, 0.1) is 5.92 Å². The first kappa shape index (κ1) is 19.7. The molecule has 0 N–H and O–H groups in total. The minimum Gasteiger partial charge on any atom is -0.493 e. The van der Waals surface area contributed by atoms with Gasteiger partial charge in [0.2, 0.25) is 12.7 Å². The molecule has 1 saturated carbocycles. The third-order valence-electron chi connectivity index (χ3n) is 6.23. The van der Waals surface area contributed by atoms with E-state index in [-0.39, 0.29) is 30.4 Å². The third kappa shape index (κ3) is 3.80. The van der Waals surface area contributed by atoms with Crippen LogP contribution >= 0.6 is 0 Å². The van der Waals surface area contributed by atoms with Crippen LogP contribution in [0.25, 0.3) is 0 Å². The highest BCUT2D eigenvalue weighted by atomic mass is 16.7. The molecule has 2 amide bonds. The molecule has 2 aromatic carbocycles. The second-order valence-electron chi connectivity index (χ2n) is 8.11. The van der Waals surface area contributed by atoms with Crippen LogP contribution < -0.4 is 14.2 Å². The first-order valence-corrected chi connectivity index (χ1v) is 10.8. The van der Waals surface area contributed by atoms with Crippen molar-refractivity contribution in [3.8, 4) is 17.2 Å². The molecule has 31 heavy (non-hydrogen) atoms. The summed E-state index contributed by atoms with van der Waals surface area (Å²) in [5.41, 5.74) is 1.71. The van der Waals surface area contributed by atoms with Gasteiger partial charge in [-0.3, -0.25) is 9.59 Å². The molecule has 0 spiro atoms. The van der Waals surface area contributed by atoms with E-state index in [1.165, 1.54) is 0 Å². The normalized spacial score (nSPS) is 21.7. The van der Waals surface area contributed by atoms with Crippen LogP contribution in [0.5, 0.6) is 17.2 Å². The Morgan fingerprint density at radius 1 is 1.00 bits per heavy atom. The topological polar surface area (TPSA) is 68.3 Å². The zero-order valence-corrected chi connectivity index (χ0v) is 17.6. The van der Waals surface area contributed by atoms with E-state index in [1.54, 1.807) is 6.07 Å². The molecule has 2 atom stereocenters. The summed E-state index contributed by atoms with van der Waals surface area (Å²) in [6, 6.07) is 13.3. The van der Waals surface area contributed by atoms with E-state index >= 15 is 0 Å². The van der Waals surface area contributed by atoms with Gasteiger partial charge in [-0.25, -0.2) is 0 Å². The lowest BCUT2D eigenvalue weighted by atomic mass is 10.1. The highest BCUT2D eigenvalue weighted by molar-refractivity contribution is 5.97. The predicted octanol–water partition coefficient (Wildman–Crippen LogP) is 2.90. The Kier molecular flexibility index (Phi) is 5.18. The molecular weight excluding hydrogens is 396 g/mol. The van der Waals surface area contributed by atoms with Crippen molar-refractivity contribution in [3.05, 3.63) is 53.6 Å². The minimum atomic E-state index is -0.0409. The molecule has 0 bridgehead atoms. The summed E-state index contributed by atoms with van der Waals surface area (Å²) in [4.78, 5) is 29.7. The van der Waals surface area contributed by atoms with Crippen molar-refractivity contribution in [1.29, 1.82) is 0 Å². The largest absolute Gasteiger partial charge is 0.493 e. The monoisotopic (exact) mass is 422 g/mol. The van der Waals surface area contributed by atoms with Gasteiger partial charge in [0.1, 0.15) is 5.75 Å². The number of fused-ring (bicyclic) bond motifs is 1. The van der Waals surface area contributed by atoms with E-state index in [4.69, 9.17) is 14.2 Å². The van der Waals surface area contributed by atoms with Gasteiger partial charge in [0.05, 0.1) is 12.2 Å². The molecule has 5 rings (SSSR count). The van der Waals surface area contributed by atoms with E-state index in [1.807, 2.05) is 53.1 Å². The maximum absolute atomic E-state index is 13.0. The van der Waals surface area contributed by atoms with Gasteiger partial charge >= 0.3 is 0 Å². The molecule has 1 saturated heterocycles. The van der Waals surface area contributed by atoms with Gasteiger partial charge in [0, 0.05) is 32.1 Å². The van der Waals surface area contributed by atoms with Crippen molar-refractivity contribution < 1.29 is 23.8 Å². The standard InChI is InChI=1S/C24H26N2O5/c1-2-29-20-6-4-3-5-17(20)23(27)25-9-11-26(12-10-25)24(28)19-14-18(19)16-7-8-21-22(13-16)31-15-30-21/h3-8,13,18-19H,2,9-12,14-15H2,1H3/t18-,19+/m1/s1. The number of nitrogens with zero attached hydrogens (tertiary/aromatic N) is 2. The average Bonchev–Trinajstić information content (AvgIpc) is 3.47. The molecule has 7 nitrogen and oxygen atoms in total. The zero-order chi connectivity index (χ0) is 21.4. The molecule has 2 aromatic rings. The van der Waals surface area contributed by atoms with Crippen molar-refractivity contribution >= 4 is 11.8 Å². The number of para-hydroxylation sites is 1. The van der Waals surface area contributed by atoms with Gasteiger partial charge in [0.25, 0.3) is 5.91 Å². The highest BCUT2D eigenvalue weighted by Gasteiger charge is 2.46. The highest BCUT2D eigenvalue weighted by Crippen LogP contribution is 2.50. The number of hydrogen-bond donors (Lipinski definition) is 0. The van der Waals surface area contributed by atoms with Crippen molar-refractivity contribution in [3.63, 3.8) is 0 Å². The summed E-state index contributed by atoms with van der Waals surface area (Å²) in [6.45, 7) is 4.86. The molecule has 0 unspecified atom stereocenters. The summed E-state index contributed by atoms with van der Waals surface area (Å²) in [5, 5.41) is 0. The quantitative estimate of drug-likeness (QED) is 0.741. The van der Waals surface area contributed by atoms with Crippen LogP contribution in [0.4, 0.5) is 0 Å². The van der Waals surface area contributed by atoms with Gasteiger partial charge in [-0.1, -0.05) is 18.2 Å². The van der Waals surface area contributed by atoms with Crippen molar-refractivity contribution in [2.75, 3.05) is 39.6 Å². The summed E-state index contributed by atoms with van der Waals surface area (Å²) in [6.07, 6.45) is 0.860. The molecule has 2 aliphatic heterocycles. The van der Waals surface area contributed by atoms with Crippen molar-refractivity contribution in [1.82, 2.24) is 9.80 Å². The second kappa shape index (κ2) is 8.13. The Hall–Kier alpha value is -3.22. The molecular formula is C24H26N2O5. The van der Waals surface area contributed by atoms with Crippen LogP contribution in [0.3, 0.4) is 0 Å². The third-order valence-corrected chi connectivity index (χ3v) is 6.23. The fourth-order valence-electron chi connectivity index (χ4n) is 4.44. The number of rotatable bonds is 5. The molecule has 1 aliphatic carbocycles. The van der Waals surface area contributed by atoms with E-state index < -0.39 is 0 Å². The molecule has 3 aliphatic rings. The van der Waals surface area contributed by atoms with Gasteiger partial charge in [-0.05, 0) is 49.1 Å². The lowest BCUT2D eigenvalue weighted by molar-refractivity contribution is -0.134. The van der Waals surface area contributed by atoms with E-state index in [0.29, 0.717) is 44.1 Å². The van der Waals surface area contributed by atoms with Gasteiger partial charge < -0.3 is 24.0 Å². The predicted molar refractivity (Wildman–Crippen MR) is 114 cm³/mol.